The summed E-state index contributed by atoms with van der Waals surface area (Å²) in [7, 11) is 1.96. The Kier molecular flexibility index (Phi) is 3.83. The average molecular weight is 360 g/mol. The summed E-state index contributed by atoms with van der Waals surface area (Å²) >= 11 is 7.02. The van der Waals surface area contributed by atoms with Gasteiger partial charge in [0, 0.05) is 16.0 Å². The maximum atomic E-state index is 4.11. The summed E-state index contributed by atoms with van der Waals surface area (Å²) in [6, 6.07) is 5.97. The molecule has 0 spiro atoms. The van der Waals surface area contributed by atoms with Crippen LogP contribution in [0.15, 0.2) is 27.1 Å². The van der Waals surface area contributed by atoms with E-state index >= 15 is 0 Å². The van der Waals surface area contributed by atoms with Gasteiger partial charge in [-0.15, -0.1) is 10.2 Å². The molecule has 6 heteroatoms. The van der Waals surface area contributed by atoms with Crippen molar-refractivity contribution in [2.45, 2.75) is 13.5 Å². The Labute approximate surface area is 117 Å². The van der Waals surface area contributed by atoms with Gasteiger partial charge in [-0.1, -0.05) is 6.07 Å². The molecule has 2 rings (SSSR count). The second kappa shape index (κ2) is 5.18. The third-order valence-electron chi connectivity index (χ3n) is 2.57. The van der Waals surface area contributed by atoms with Gasteiger partial charge in [0.15, 0.2) is 5.82 Å². The van der Waals surface area contributed by atoms with Crippen molar-refractivity contribution in [1.29, 1.82) is 0 Å². The first kappa shape index (κ1) is 12.6. The van der Waals surface area contributed by atoms with E-state index in [4.69, 9.17) is 0 Å². The molecule has 0 unspecified atom stereocenters. The lowest BCUT2D eigenvalue weighted by atomic mass is 10.3. The molecule has 0 saturated carbocycles. The quantitative estimate of drug-likeness (QED) is 0.914. The van der Waals surface area contributed by atoms with E-state index in [9.17, 15) is 0 Å². The summed E-state index contributed by atoms with van der Waals surface area (Å²) in [4.78, 5) is 0. The lowest BCUT2D eigenvalue weighted by Gasteiger charge is -2.10. The zero-order valence-corrected chi connectivity index (χ0v) is 12.7. The van der Waals surface area contributed by atoms with Crippen LogP contribution in [0, 0.1) is 6.92 Å². The Morgan fingerprint density at radius 2 is 1.88 bits per heavy atom. The van der Waals surface area contributed by atoms with E-state index in [0.29, 0.717) is 6.54 Å². The first-order valence-electron chi connectivity index (χ1n) is 5.12. The van der Waals surface area contributed by atoms with Gasteiger partial charge >= 0.3 is 0 Å². The van der Waals surface area contributed by atoms with E-state index in [1.807, 2.05) is 36.7 Å². The van der Waals surface area contributed by atoms with Gasteiger partial charge in [0.1, 0.15) is 5.82 Å². The number of benzene rings is 1. The SMILES string of the molecule is Cc1nnc(CNc2c(Br)cccc2Br)n1C. The van der Waals surface area contributed by atoms with Crippen LogP contribution in [0.3, 0.4) is 0 Å². The van der Waals surface area contributed by atoms with Crippen molar-refractivity contribution in [3.63, 3.8) is 0 Å². The molecule has 0 aliphatic carbocycles. The van der Waals surface area contributed by atoms with Crippen molar-refractivity contribution in [2.24, 2.45) is 7.05 Å². The molecular weight excluding hydrogens is 348 g/mol. The number of hydrogen-bond donors (Lipinski definition) is 1. The Hall–Kier alpha value is -0.880. The number of hydrogen-bond acceptors (Lipinski definition) is 3. The minimum absolute atomic E-state index is 0.637. The van der Waals surface area contributed by atoms with Gasteiger partial charge in [0.2, 0.25) is 0 Å². The van der Waals surface area contributed by atoms with Gasteiger partial charge in [-0.25, -0.2) is 0 Å². The topological polar surface area (TPSA) is 42.7 Å². The number of aryl methyl sites for hydroxylation is 1. The number of anilines is 1. The van der Waals surface area contributed by atoms with Gasteiger partial charge in [0.05, 0.1) is 12.2 Å². The van der Waals surface area contributed by atoms with Crippen molar-refractivity contribution in [3.05, 3.63) is 38.8 Å². The summed E-state index contributed by atoms with van der Waals surface area (Å²) in [5, 5.41) is 11.5. The Morgan fingerprint density at radius 3 is 2.41 bits per heavy atom. The zero-order valence-electron chi connectivity index (χ0n) is 9.54. The highest BCUT2D eigenvalue weighted by atomic mass is 79.9. The van der Waals surface area contributed by atoms with Crippen LogP contribution in [-0.4, -0.2) is 14.8 Å². The number of para-hydroxylation sites is 1. The van der Waals surface area contributed by atoms with Crippen LogP contribution in [0.1, 0.15) is 11.6 Å². The molecule has 0 aliphatic rings. The zero-order chi connectivity index (χ0) is 12.4. The van der Waals surface area contributed by atoms with Crippen molar-refractivity contribution in [2.75, 3.05) is 5.32 Å². The fourth-order valence-corrected chi connectivity index (χ4v) is 2.72. The van der Waals surface area contributed by atoms with Crippen LogP contribution in [0.25, 0.3) is 0 Å². The van der Waals surface area contributed by atoms with Crippen molar-refractivity contribution in [1.82, 2.24) is 14.8 Å². The van der Waals surface area contributed by atoms with Crippen molar-refractivity contribution >= 4 is 37.5 Å². The highest BCUT2D eigenvalue weighted by Gasteiger charge is 2.07. The van der Waals surface area contributed by atoms with E-state index < -0.39 is 0 Å². The van der Waals surface area contributed by atoms with Gasteiger partial charge in [-0.05, 0) is 50.9 Å². The number of halogens is 2. The highest BCUT2D eigenvalue weighted by molar-refractivity contribution is 9.11. The van der Waals surface area contributed by atoms with Gasteiger partial charge in [0.25, 0.3) is 0 Å². The third-order valence-corrected chi connectivity index (χ3v) is 3.89. The Bertz CT molecular complexity index is 516. The van der Waals surface area contributed by atoms with Crippen LogP contribution < -0.4 is 5.32 Å². The average Bonchev–Trinajstić information content (AvgIpc) is 2.60. The highest BCUT2D eigenvalue weighted by Crippen LogP contribution is 2.30. The Morgan fingerprint density at radius 1 is 1.24 bits per heavy atom. The molecule has 0 atom stereocenters. The number of nitrogens with one attached hydrogen (secondary N) is 1. The fourth-order valence-electron chi connectivity index (χ4n) is 1.44. The molecular formula is C11H12Br2N4. The van der Waals surface area contributed by atoms with Gasteiger partial charge < -0.3 is 9.88 Å². The lowest BCUT2D eigenvalue weighted by molar-refractivity contribution is 0.789. The van der Waals surface area contributed by atoms with Crippen LogP contribution in [0.4, 0.5) is 5.69 Å². The monoisotopic (exact) mass is 358 g/mol. The predicted octanol–water partition coefficient (Wildman–Crippen LogP) is 3.26. The predicted molar refractivity (Wildman–Crippen MR) is 74.9 cm³/mol. The first-order valence-corrected chi connectivity index (χ1v) is 6.71. The Balaban J connectivity index is 2.15. The summed E-state index contributed by atoms with van der Waals surface area (Å²) < 4.78 is 4.01. The van der Waals surface area contributed by atoms with Crippen LogP contribution >= 0.6 is 31.9 Å². The van der Waals surface area contributed by atoms with Gasteiger partial charge in [-0.3, -0.25) is 0 Å². The number of aromatic nitrogens is 3. The lowest BCUT2D eigenvalue weighted by Crippen LogP contribution is -2.07. The first-order chi connectivity index (χ1) is 8.09. The standard InChI is InChI=1S/C11H12Br2N4/c1-7-15-16-10(17(7)2)6-14-11-8(12)4-3-5-9(11)13/h3-5,14H,6H2,1-2H3. The van der Waals surface area contributed by atoms with Crippen molar-refractivity contribution < 1.29 is 0 Å². The molecule has 4 nitrogen and oxygen atoms in total. The van der Waals surface area contributed by atoms with Crippen LogP contribution in [0.2, 0.25) is 0 Å². The molecule has 0 saturated heterocycles. The molecule has 90 valence electrons. The second-order valence-electron chi connectivity index (χ2n) is 3.67. The molecule has 0 amide bonds. The molecule has 0 radical (unpaired) electrons. The third kappa shape index (κ3) is 2.69. The second-order valence-corrected chi connectivity index (χ2v) is 5.38. The van der Waals surface area contributed by atoms with Gasteiger partial charge in [-0.2, -0.15) is 0 Å². The summed E-state index contributed by atoms with van der Waals surface area (Å²) in [6.45, 7) is 2.57. The molecule has 0 bridgehead atoms. The molecule has 1 aromatic heterocycles. The fraction of sp³-hybridized carbons (Fsp3) is 0.273. The number of nitrogens with zero attached hydrogens (tertiary/aromatic N) is 3. The van der Waals surface area contributed by atoms with E-state index in [1.165, 1.54) is 0 Å². The summed E-state index contributed by atoms with van der Waals surface area (Å²) in [5.41, 5.74) is 1.02. The summed E-state index contributed by atoms with van der Waals surface area (Å²) in [6.07, 6.45) is 0. The number of rotatable bonds is 3. The van der Waals surface area contributed by atoms with E-state index in [-0.39, 0.29) is 0 Å². The summed E-state index contributed by atoms with van der Waals surface area (Å²) in [5.74, 6) is 1.82. The molecule has 1 heterocycles. The van der Waals surface area contributed by atoms with Crippen molar-refractivity contribution in [3.8, 4) is 0 Å². The molecule has 2 aromatic rings. The van der Waals surface area contributed by atoms with Crippen LogP contribution in [-0.2, 0) is 13.6 Å². The minimum Gasteiger partial charge on any atom is -0.376 e. The van der Waals surface area contributed by atoms with E-state index in [0.717, 1.165) is 26.3 Å². The smallest absolute Gasteiger partial charge is 0.152 e. The maximum Gasteiger partial charge on any atom is 0.152 e. The molecule has 0 fully saturated rings. The largest absolute Gasteiger partial charge is 0.376 e. The van der Waals surface area contributed by atoms with E-state index in [2.05, 4.69) is 47.4 Å². The molecule has 1 N–H and O–H groups in total. The van der Waals surface area contributed by atoms with E-state index in [1.54, 1.807) is 0 Å². The molecule has 0 aliphatic heterocycles. The molecule has 17 heavy (non-hydrogen) atoms. The van der Waals surface area contributed by atoms with Crippen LogP contribution in [0.5, 0.6) is 0 Å². The molecule has 1 aromatic carbocycles. The minimum atomic E-state index is 0.637. The normalized spacial score (nSPS) is 10.6. The maximum absolute atomic E-state index is 4.11.